The van der Waals surface area contributed by atoms with E-state index in [0.29, 0.717) is 0 Å². The Hall–Kier alpha value is -3.04. The fourth-order valence-electron chi connectivity index (χ4n) is 3.51. The second-order valence-electron chi connectivity index (χ2n) is 6.99. The highest BCUT2D eigenvalue weighted by Gasteiger charge is 2.18. The van der Waals surface area contributed by atoms with Crippen LogP contribution in [0.2, 0.25) is 0 Å². The number of para-hydroxylation sites is 1. The summed E-state index contributed by atoms with van der Waals surface area (Å²) < 4.78 is 6.56. The Labute approximate surface area is 159 Å². The quantitative estimate of drug-likeness (QED) is 0.497. The molecular weight excluding hydrogens is 332 g/mol. The summed E-state index contributed by atoms with van der Waals surface area (Å²) in [5.74, 6) is 0.848. The Balaban J connectivity index is 1.75. The van der Waals surface area contributed by atoms with Crippen molar-refractivity contribution < 1.29 is 4.74 Å². The van der Waals surface area contributed by atoms with E-state index >= 15 is 0 Å². The van der Waals surface area contributed by atoms with Crippen LogP contribution in [0.15, 0.2) is 85.1 Å². The fourth-order valence-corrected chi connectivity index (χ4v) is 3.51. The van der Waals surface area contributed by atoms with Crippen LogP contribution in [0, 0.1) is 0 Å². The van der Waals surface area contributed by atoms with Gasteiger partial charge >= 0.3 is 0 Å². The van der Waals surface area contributed by atoms with Crippen LogP contribution in [0.1, 0.15) is 29.7 Å². The molecule has 3 nitrogen and oxygen atoms in total. The molecule has 4 rings (SSSR count). The molecule has 1 atom stereocenters. The molecule has 0 aliphatic carbocycles. The molecule has 27 heavy (non-hydrogen) atoms. The van der Waals surface area contributed by atoms with Gasteiger partial charge in [-0.05, 0) is 36.1 Å². The molecule has 3 aromatic carbocycles. The number of H-pyrrole nitrogens is 1. The van der Waals surface area contributed by atoms with Gasteiger partial charge in [-0.25, -0.2) is 0 Å². The van der Waals surface area contributed by atoms with Gasteiger partial charge in [0.25, 0.3) is 0 Å². The van der Waals surface area contributed by atoms with Crippen LogP contribution in [0.5, 0.6) is 5.75 Å². The van der Waals surface area contributed by atoms with Gasteiger partial charge in [-0.1, -0.05) is 72.8 Å². The molecule has 4 aromatic rings. The van der Waals surface area contributed by atoms with Crippen molar-refractivity contribution in [2.45, 2.75) is 25.5 Å². The molecule has 0 aliphatic rings. The average molecular weight is 356 g/mol. The number of benzene rings is 3. The third kappa shape index (κ3) is 3.74. The first-order valence-electron chi connectivity index (χ1n) is 9.33. The smallest absolute Gasteiger partial charge is 0.149 e. The third-order valence-electron chi connectivity index (χ3n) is 4.75. The van der Waals surface area contributed by atoms with E-state index in [1.54, 1.807) is 0 Å². The van der Waals surface area contributed by atoms with Gasteiger partial charge < -0.3 is 15.5 Å². The topological polar surface area (TPSA) is 51.0 Å². The molecule has 0 spiro atoms. The molecule has 0 fully saturated rings. The highest BCUT2D eigenvalue weighted by Crippen LogP contribution is 2.33. The number of nitrogens with one attached hydrogen (secondary N) is 1. The normalized spacial score (nSPS) is 12.4. The van der Waals surface area contributed by atoms with Crippen LogP contribution in [0.3, 0.4) is 0 Å². The molecule has 0 saturated heterocycles. The largest absolute Gasteiger partial charge is 0.479 e. The van der Waals surface area contributed by atoms with E-state index in [1.807, 2.05) is 61.7 Å². The van der Waals surface area contributed by atoms with Crippen LogP contribution >= 0.6 is 0 Å². The summed E-state index contributed by atoms with van der Waals surface area (Å²) in [6.45, 7) is 2.03. The molecule has 0 unspecified atom stereocenters. The lowest BCUT2D eigenvalue weighted by molar-refractivity contribution is 0.250. The number of rotatable bonds is 6. The Bertz CT molecular complexity index is 967. The van der Waals surface area contributed by atoms with Crippen LogP contribution in [-0.2, 0) is 6.42 Å². The van der Waals surface area contributed by atoms with Gasteiger partial charge in [0.05, 0.1) is 5.52 Å². The molecule has 0 aliphatic heterocycles. The van der Waals surface area contributed by atoms with Gasteiger partial charge in [-0.3, -0.25) is 0 Å². The lowest BCUT2D eigenvalue weighted by atomic mass is 10.0. The number of hydrogen-bond donors (Lipinski definition) is 2. The average Bonchev–Trinajstić information content (AvgIpc) is 3.10. The first kappa shape index (κ1) is 17.4. The highest BCUT2D eigenvalue weighted by atomic mass is 16.5. The lowest BCUT2D eigenvalue weighted by Crippen LogP contribution is -2.17. The van der Waals surface area contributed by atoms with Gasteiger partial charge in [-0.15, -0.1) is 0 Å². The summed E-state index contributed by atoms with van der Waals surface area (Å²) >= 11 is 0. The number of ether oxygens (including phenoxy) is 1. The molecular formula is C24H24N2O. The predicted octanol–water partition coefficient (Wildman–Crippen LogP) is 5.23. The van der Waals surface area contributed by atoms with Crippen LogP contribution in [-0.4, -0.2) is 11.0 Å². The van der Waals surface area contributed by atoms with E-state index in [0.717, 1.165) is 28.8 Å². The van der Waals surface area contributed by atoms with Crippen molar-refractivity contribution in [3.63, 3.8) is 0 Å². The van der Waals surface area contributed by atoms with Crippen molar-refractivity contribution in [1.82, 2.24) is 4.98 Å². The van der Waals surface area contributed by atoms with E-state index in [-0.39, 0.29) is 12.1 Å². The van der Waals surface area contributed by atoms with Crippen molar-refractivity contribution >= 4 is 10.9 Å². The molecule has 136 valence electrons. The van der Waals surface area contributed by atoms with E-state index < -0.39 is 0 Å². The number of aromatic amines is 1. The molecule has 1 heterocycles. The zero-order valence-electron chi connectivity index (χ0n) is 15.4. The maximum Gasteiger partial charge on any atom is 0.149 e. The molecule has 3 N–H and O–H groups in total. The molecule has 0 bridgehead atoms. The number of nitrogens with two attached hydrogens (primary N) is 1. The van der Waals surface area contributed by atoms with Crippen LogP contribution in [0.25, 0.3) is 10.9 Å². The Kier molecular flexibility index (Phi) is 4.95. The fraction of sp³-hybridized carbons (Fsp3) is 0.167. The van der Waals surface area contributed by atoms with Gasteiger partial charge in [0.2, 0.25) is 0 Å². The second kappa shape index (κ2) is 7.68. The summed E-state index contributed by atoms with van der Waals surface area (Å²) in [6.07, 6.45) is 2.71. The first-order chi connectivity index (χ1) is 13.2. The predicted molar refractivity (Wildman–Crippen MR) is 111 cm³/mol. The standard InChI is InChI=1S/C24H24N2O/c1-17(25)15-20-16-26-23-21(20)13-8-14-22(23)27-24(18-9-4-2-5-10-18)19-11-6-3-7-12-19/h2-14,16-17,24,26H,15,25H2,1H3/t17-/m0/s1. The minimum Gasteiger partial charge on any atom is -0.479 e. The Morgan fingerprint density at radius 3 is 2.07 bits per heavy atom. The van der Waals surface area contributed by atoms with Crippen molar-refractivity contribution in [3.8, 4) is 5.75 Å². The summed E-state index contributed by atoms with van der Waals surface area (Å²) in [5.41, 5.74) is 10.5. The van der Waals surface area contributed by atoms with E-state index in [9.17, 15) is 0 Å². The zero-order valence-corrected chi connectivity index (χ0v) is 15.4. The van der Waals surface area contributed by atoms with E-state index in [1.165, 1.54) is 10.9 Å². The van der Waals surface area contributed by atoms with Crippen LogP contribution < -0.4 is 10.5 Å². The summed E-state index contributed by atoms with van der Waals surface area (Å²) in [7, 11) is 0. The van der Waals surface area contributed by atoms with Gasteiger partial charge in [0, 0.05) is 17.6 Å². The molecule has 1 aromatic heterocycles. The number of hydrogen-bond acceptors (Lipinski definition) is 2. The van der Waals surface area contributed by atoms with Gasteiger partial charge in [0.15, 0.2) is 0 Å². The molecule has 0 radical (unpaired) electrons. The number of aromatic nitrogens is 1. The third-order valence-corrected chi connectivity index (χ3v) is 4.75. The molecule has 0 amide bonds. The van der Waals surface area contributed by atoms with Crippen molar-refractivity contribution in [1.29, 1.82) is 0 Å². The summed E-state index contributed by atoms with van der Waals surface area (Å²) in [6, 6.07) is 27.0. The van der Waals surface area contributed by atoms with Crippen molar-refractivity contribution in [2.24, 2.45) is 5.73 Å². The minimum absolute atomic E-state index is 0.120. The SMILES string of the molecule is C[C@H](N)Cc1c[nH]c2c(OC(c3ccccc3)c3ccccc3)cccc12. The Morgan fingerprint density at radius 2 is 1.48 bits per heavy atom. The molecule has 3 heteroatoms. The van der Waals surface area contributed by atoms with Gasteiger partial charge in [-0.2, -0.15) is 0 Å². The second-order valence-corrected chi connectivity index (χ2v) is 6.99. The van der Waals surface area contributed by atoms with E-state index in [4.69, 9.17) is 10.5 Å². The number of fused-ring (bicyclic) bond motifs is 1. The highest BCUT2D eigenvalue weighted by molar-refractivity contribution is 5.88. The zero-order chi connectivity index (χ0) is 18.6. The van der Waals surface area contributed by atoms with Gasteiger partial charge in [0.1, 0.15) is 11.9 Å². The van der Waals surface area contributed by atoms with Crippen molar-refractivity contribution in [3.05, 3.63) is 102 Å². The van der Waals surface area contributed by atoms with Crippen LogP contribution in [0.4, 0.5) is 0 Å². The summed E-state index contributed by atoms with van der Waals surface area (Å²) in [4.78, 5) is 3.39. The monoisotopic (exact) mass is 356 g/mol. The molecule has 0 saturated carbocycles. The summed E-state index contributed by atoms with van der Waals surface area (Å²) in [5, 5.41) is 1.17. The maximum atomic E-state index is 6.56. The Morgan fingerprint density at radius 1 is 0.852 bits per heavy atom. The van der Waals surface area contributed by atoms with Crippen molar-refractivity contribution in [2.75, 3.05) is 0 Å². The minimum atomic E-state index is -0.168. The first-order valence-corrected chi connectivity index (χ1v) is 9.33. The maximum absolute atomic E-state index is 6.56. The lowest BCUT2D eigenvalue weighted by Gasteiger charge is -2.20. The van der Waals surface area contributed by atoms with E-state index in [2.05, 4.69) is 35.3 Å².